The SMILES string of the molecule is OC1CCN(c2ccc(-c3cnc4[nH]cc(-c5nncn5-c5cccc(F)c5F)c4c3)cn2)CC1. The van der Waals surface area contributed by atoms with Crippen LogP contribution in [0.3, 0.4) is 0 Å². The van der Waals surface area contributed by atoms with E-state index in [-0.39, 0.29) is 11.8 Å². The molecule has 6 rings (SSSR count). The van der Waals surface area contributed by atoms with Gasteiger partial charge in [-0.25, -0.2) is 18.7 Å². The van der Waals surface area contributed by atoms with Gasteiger partial charge in [0.05, 0.1) is 11.8 Å². The number of hydrogen-bond acceptors (Lipinski definition) is 6. The van der Waals surface area contributed by atoms with E-state index in [2.05, 4.69) is 30.0 Å². The maximum atomic E-state index is 14.5. The molecule has 1 saturated heterocycles. The van der Waals surface area contributed by atoms with Gasteiger partial charge in [-0.2, -0.15) is 0 Å². The van der Waals surface area contributed by atoms with Crippen LogP contribution in [-0.2, 0) is 0 Å². The van der Waals surface area contributed by atoms with Gasteiger partial charge in [0.2, 0.25) is 0 Å². The molecule has 0 unspecified atom stereocenters. The second kappa shape index (κ2) is 8.55. The zero-order chi connectivity index (χ0) is 23.9. The van der Waals surface area contributed by atoms with Crippen LogP contribution in [0, 0.1) is 11.6 Å². The quantitative estimate of drug-likeness (QED) is 0.408. The van der Waals surface area contributed by atoms with Gasteiger partial charge in [-0.3, -0.25) is 4.57 Å². The minimum atomic E-state index is -0.971. The number of nitrogens with zero attached hydrogens (tertiary/aromatic N) is 6. The lowest BCUT2D eigenvalue weighted by molar-refractivity contribution is 0.145. The number of H-pyrrole nitrogens is 1. The molecular weight excluding hydrogens is 452 g/mol. The van der Waals surface area contributed by atoms with Gasteiger partial charge in [-0.1, -0.05) is 6.07 Å². The number of aliphatic hydroxyl groups is 1. The Morgan fingerprint density at radius 2 is 1.83 bits per heavy atom. The van der Waals surface area contributed by atoms with Crippen LogP contribution in [-0.4, -0.2) is 54.0 Å². The molecule has 10 heteroatoms. The Kier molecular flexibility index (Phi) is 5.22. The van der Waals surface area contributed by atoms with E-state index in [1.807, 2.05) is 18.2 Å². The van der Waals surface area contributed by atoms with Crippen LogP contribution in [0.1, 0.15) is 12.8 Å². The second-order valence-corrected chi connectivity index (χ2v) is 8.54. The summed E-state index contributed by atoms with van der Waals surface area (Å²) in [5.74, 6) is -0.675. The molecule has 1 fully saturated rings. The molecule has 4 aromatic heterocycles. The van der Waals surface area contributed by atoms with Gasteiger partial charge in [0.1, 0.15) is 17.8 Å². The van der Waals surface area contributed by atoms with E-state index in [0.29, 0.717) is 17.0 Å². The van der Waals surface area contributed by atoms with Crippen molar-refractivity contribution in [3.05, 3.63) is 73.0 Å². The summed E-state index contributed by atoms with van der Waals surface area (Å²) >= 11 is 0. The molecule has 0 amide bonds. The number of anilines is 1. The first-order valence-corrected chi connectivity index (χ1v) is 11.3. The zero-order valence-electron chi connectivity index (χ0n) is 18.6. The summed E-state index contributed by atoms with van der Waals surface area (Å²) in [6, 6.07) is 9.91. The van der Waals surface area contributed by atoms with Crippen molar-refractivity contribution in [3.63, 3.8) is 0 Å². The van der Waals surface area contributed by atoms with E-state index in [1.54, 1.807) is 18.6 Å². The number of benzene rings is 1. The number of aliphatic hydroxyl groups excluding tert-OH is 1. The summed E-state index contributed by atoms with van der Waals surface area (Å²) in [5.41, 5.74) is 3.06. The number of hydrogen-bond donors (Lipinski definition) is 2. The molecule has 1 aliphatic rings. The summed E-state index contributed by atoms with van der Waals surface area (Å²) in [7, 11) is 0. The minimum Gasteiger partial charge on any atom is -0.393 e. The predicted molar refractivity (Wildman–Crippen MR) is 127 cm³/mol. The fourth-order valence-electron chi connectivity index (χ4n) is 4.46. The van der Waals surface area contributed by atoms with E-state index < -0.39 is 11.6 Å². The molecule has 176 valence electrons. The van der Waals surface area contributed by atoms with Gasteiger partial charge in [0.15, 0.2) is 17.5 Å². The molecule has 5 heterocycles. The number of aromatic amines is 1. The molecule has 8 nitrogen and oxygen atoms in total. The summed E-state index contributed by atoms with van der Waals surface area (Å²) in [6.45, 7) is 1.56. The number of fused-ring (bicyclic) bond motifs is 1. The number of pyridine rings is 2. The average Bonchev–Trinajstić information content (AvgIpc) is 3.53. The van der Waals surface area contributed by atoms with E-state index in [0.717, 1.165) is 54.3 Å². The van der Waals surface area contributed by atoms with Crippen molar-refractivity contribution in [1.29, 1.82) is 0 Å². The van der Waals surface area contributed by atoms with Gasteiger partial charge in [-0.15, -0.1) is 10.2 Å². The Hall–Kier alpha value is -4.18. The first kappa shape index (κ1) is 21.4. The molecule has 0 aliphatic carbocycles. The largest absolute Gasteiger partial charge is 0.393 e. The van der Waals surface area contributed by atoms with Crippen LogP contribution in [0.2, 0.25) is 0 Å². The Balaban J connectivity index is 1.36. The topological polar surface area (TPSA) is 95.7 Å². The normalized spacial score (nSPS) is 14.7. The maximum absolute atomic E-state index is 14.5. The Bertz CT molecular complexity index is 1500. The Morgan fingerprint density at radius 3 is 2.63 bits per heavy atom. The third-order valence-corrected chi connectivity index (χ3v) is 6.38. The maximum Gasteiger partial charge on any atom is 0.182 e. The zero-order valence-corrected chi connectivity index (χ0v) is 18.6. The number of piperidine rings is 1. The van der Waals surface area contributed by atoms with Crippen molar-refractivity contribution in [1.82, 2.24) is 29.7 Å². The third-order valence-electron chi connectivity index (χ3n) is 6.38. The van der Waals surface area contributed by atoms with Crippen LogP contribution in [0.5, 0.6) is 0 Å². The fourth-order valence-corrected chi connectivity index (χ4v) is 4.46. The van der Waals surface area contributed by atoms with Crippen molar-refractivity contribution < 1.29 is 13.9 Å². The van der Waals surface area contributed by atoms with Crippen molar-refractivity contribution >= 4 is 16.9 Å². The third kappa shape index (κ3) is 3.81. The molecule has 1 aromatic carbocycles. The number of nitrogens with one attached hydrogen (secondary N) is 1. The van der Waals surface area contributed by atoms with Gasteiger partial charge >= 0.3 is 0 Å². The highest BCUT2D eigenvalue weighted by molar-refractivity contribution is 5.94. The second-order valence-electron chi connectivity index (χ2n) is 8.54. The first-order chi connectivity index (χ1) is 17.1. The van der Waals surface area contributed by atoms with Crippen LogP contribution in [0.25, 0.3) is 39.2 Å². The number of rotatable bonds is 4. The summed E-state index contributed by atoms with van der Waals surface area (Å²) < 4.78 is 29.7. The lowest BCUT2D eigenvalue weighted by Crippen LogP contribution is -2.36. The Morgan fingerprint density at radius 1 is 1.00 bits per heavy atom. The van der Waals surface area contributed by atoms with Crippen molar-refractivity contribution in [2.24, 2.45) is 0 Å². The molecule has 35 heavy (non-hydrogen) atoms. The highest BCUT2D eigenvalue weighted by Crippen LogP contribution is 2.32. The van der Waals surface area contributed by atoms with Crippen molar-refractivity contribution in [2.75, 3.05) is 18.0 Å². The first-order valence-electron chi connectivity index (χ1n) is 11.3. The summed E-state index contributed by atoms with van der Waals surface area (Å²) in [4.78, 5) is 14.4. The van der Waals surface area contributed by atoms with E-state index in [4.69, 9.17) is 0 Å². The molecule has 0 saturated carbocycles. The van der Waals surface area contributed by atoms with Crippen molar-refractivity contribution in [3.8, 4) is 28.2 Å². The molecule has 0 spiro atoms. The predicted octanol–water partition coefficient (Wildman–Crippen LogP) is 4.11. The number of aromatic nitrogens is 6. The van der Waals surface area contributed by atoms with Crippen LogP contribution < -0.4 is 4.90 Å². The summed E-state index contributed by atoms with van der Waals surface area (Å²) in [5, 5.41) is 18.6. The van der Waals surface area contributed by atoms with E-state index in [9.17, 15) is 13.9 Å². The monoisotopic (exact) mass is 473 g/mol. The highest BCUT2D eigenvalue weighted by atomic mass is 19.2. The molecule has 0 atom stereocenters. The molecular formula is C25H21F2N7O. The van der Waals surface area contributed by atoms with Gasteiger partial charge in [0.25, 0.3) is 0 Å². The fraction of sp³-hybridized carbons (Fsp3) is 0.200. The van der Waals surface area contributed by atoms with Crippen LogP contribution in [0.4, 0.5) is 14.6 Å². The van der Waals surface area contributed by atoms with Crippen LogP contribution >= 0.6 is 0 Å². The highest BCUT2D eigenvalue weighted by Gasteiger charge is 2.20. The molecule has 2 N–H and O–H groups in total. The standard InChI is InChI=1S/C25H21F2N7O/c26-20-2-1-3-21(23(20)27)34-14-31-32-25(34)19-13-30-24-18(19)10-16(12-29-24)15-4-5-22(28-11-15)33-8-6-17(35)7-9-33/h1-5,10-14,17,35H,6-9H2,(H,29,30). The summed E-state index contributed by atoms with van der Waals surface area (Å²) in [6.07, 6.45) is 7.89. The molecule has 1 aliphatic heterocycles. The number of halogens is 2. The minimum absolute atomic E-state index is 0.0217. The smallest absolute Gasteiger partial charge is 0.182 e. The van der Waals surface area contributed by atoms with E-state index >= 15 is 0 Å². The lowest BCUT2D eigenvalue weighted by Gasteiger charge is -2.30. The van der Waals surface area contributed by atoms with Gasteiger partial charge < -0.3 is 15.0 Å². The molecule has 0 bridgehead atoms. The van der Waals surface area contributed by atoms with E-state index in [1.165, 1.54) is 23.0 Å². The molecule has 5 aromatic rings. The lowest BCUT2D eigenvalue weighted by atomic mass is 10.1. The van der Waals surface area contributed by atoms with Crippen LogP contribution in [0.15, 0.2) is 61.3 Å². The van der Waals surface area contributed by atoms with Crippen molar-refractivity contribution in [2.45, 2.75) is 18.9 Å². The Labute approximate surface area is 198 Å². The molecule has 0 radical (unpaired) electrons. The average molecular weight is 473 g/mol. The van der Waals surface area contributed by atoms with Gasteiger partial charge in [-0.05, 0) is 43.2 Å². The van der Waals surface area contributed by atoms with Gasteiger partial charge in [0, 0.05) is 53.8 Å².